The number of hydrogen-bond donors (Lipinski definition) is 2. The first-order chi connectivity index (χ1) is 8.52. The largest absolute Gasteiger partial charge is 0.354 e. The van der Waals surface area contributed by atoms with Gasteiger partial charge in [0.25, 0.3) is 0 Å². The summed E-state index contributed by atoms with van der Waals surface area (Å²) in [6, 6.07) is 0. The van der Waals surface area contributed by atoms with Crippen LogP contribution < -0.4 is 10.6 Å². The summed E-state index contributed by atoms with van der Waals surface area (Å²) in [5.41, 5.74) is -0.218. The van der Waals surface area contributed by atoms with E-state index in [0.29, 0.717) is 0 Å². The Bertz CT molecular complexity index is 263. The highest BCUT2D eigenvalue weighted by molar-refractivity contribution is 8.00. The van der Waals surface area contributed by atoms with Crippen molar-refractivity contribution in [2.75, 3.05) is 25.9 Å². The van der Waals surface area contributed by atoms with Gasteiger partial charge in [-0.2, -0.15) is 11.8 Å². The topological polar surface area (TPSA) is 41.1 Å². The normalized spacial score (nSPS) is 24.9. The number of amides is 1. The maximum absolute atomic E-state index is 12.4. The first-order valence-electron chi connectivity index (χ1n) is 7.06. The van der Waals surface area contributed by atoms with Crippen molar-refractivity contribution in [1.82, 2.24) is 10.6 Å². The molecule has 0 aliphatic carbocycles. The Morgan fingerprint density at radius 2 is 2.11 bits per heavy atom. The molecule has 1 rings (SSSR count). The highest BCUT2D eigenvalue weighted by Gasteiger charge is 2.36. The number of rotatable bonds is 6. The summed E-state index contributed by atoms with van der Waals surface area (Å²) >= 11 is 1.87. The minimum atomic E-state index is -0.218. The Labute approximate surface area is 116 Å². The lowest BCUT2D eigenvalue weighted by atomic mass is 9.82. The van der Waals surface area contributed by atoms with Gasteiger partial charge in [0.1, 0.15) is 0 Å². The van der Waals surface area contributed by atoms with Crippen LogP contribution in [0.1, 0.15) is 46.5 Å². The molecule has 1 saturated heterocycles. The van der Waals surface area contributed by atoms with Crippen LogP contribution in [0, 0.1) is 5.41 Å². The molecule has 0 aromatic rings. The van der Waals surface area contributed by atoms with E-state index in [9.17, 15) is 4.79 Å². The number of thioether (sulfide) groups is 1. The average molecular weight is 272 g/mol. The third-order valence-corrected chi connectivity index (χ3v) is 6.03. The van der Waals surface area contributed by atoms with E-state index in [-0.39, 0.29) is 16.1 Å². The summed E-state index contributed by atoms with van der Waals surface area (Å²) in [4.78, 5) is 12.4. The van der Waals surface area contributed by atoms with Crippen molar-refractivity contribution >= 4 is 17.7 Å². The molecular formula is C14H28N2OS. The molecular weight excluding hydrogens is 244 g/mol. The predicted octanol–water partition coefficient (Wildman–Crippen LogP) is 2.41. The lowest BCUT2D eigenvalue weighted by molar-refractivity contribution is -0.131. The lowest BCUT2D eigenvalue weighted by Gasteiger charge is -2.35. The van der Waals surface area contributed by atoms with Crippen LogP contribution in [0.15, 0.2) is 0 Å². The van der Waals surface area contributed by atoms with Crippen LogP contribution in [-0.2, 0) is 4.79 Å². The highest BCUT2D eigenvalue weighted by atomic mass is 32.2. The number of piperidine rings is 1. The molecule has 1 atom stereocenters. The SMILES string of the molecule is CCC(CC)(CNC(=O)C1(C)CCCNC1)SC. The molecule has 1 amide bonds. The zero-order valence-electron chi connectivity index (χ0n) is 12.3. The van der Waals surface area contributed by atoms with Gasteiger partial charge in [-0.05, 0) is 45.4 Å². The number of carbonyl (C=O) groups excluding carboxylic acids is 1. The smallest absolute Gasteiger partial charge is 0.227 e. The standard InChI is InChI=1S/C14H28N2OS/c1-5-14(6-2,18-4)11-16-12(17)13(3)8-7-9-15-10-13/h15H,5-11H2,1-4H3,(H,16,17). The van der Waals surface area contributed by atoms with Crippen molar-refractivity contribution in [2.24, 2.45) is 5.41 Å². The molecule has 2 N–H and O–H groups in total. The fourth-order valence-corrected chi connectivity index (χ4v) is 3.36. The van der Waals surface area contributed by atoms with E-state index in [0.717, 1.165) is 45.3 Å². The van der Waals surface area contributed by atoms with Gasteiger partial charge in [-0.1, -0.05) is 13.8 Å². The lowest BCUT2D eigenvalue weighted by Crippen LogP contribution is -2.51. The Kier molecular flexibility index (Phi) is 5.99. The summed E-state index contributed by atoms with van der Waals surface area (Å²) in [6.45, 7) is 9.12. The van der Waals surface area contributed by atoms with Crippen LogP contribution in [0.4, 0.5) is 0 Å². The Morgan fingerprint density at radius 1 is 1.44 bits per heavy atom. The maximum atomic E-state index is 12.4. The van der Waals surface area contributed by atoms with Crippen LogP contribution in [0.2, 0.25) is 0 Å². The van der Waals surface area contributed by atoms with E-state index < -0.39 is 0 Å². The molecule has 1 fully saturated rings. The van der Waals surface area contributed by atoms with Gasteiger partial charge < -0.3 is 10.6 Å². The molecule has 1 unspecified atom stereocenters. The van der Waals surface area contributed by atoms with Gasteiger partial charge in [0.15, 0.2) is 0 Å². The summed E-state index contributed by atoms with van der Waals surface area (Å²) in [5.74, 6) is 0.218. The molecule has 0 bridgehead atoms. The molecule has 3 nitrogen and oxygen atoms in total. The van der Waals surface area contributed by atoms with Crippen molar-refractivity contribution < 1.29 is 4.79 Å². The Hall–Kier alpha value is -0.220. The number of hydrogen-bond acceptors (Lipinski definition) is 3. The average Bonchev–Trinajstić information content (AvgIpc) is 2.41. The van der Waals surface area contributed by atoms with Crippen molar-refractivity contribution in [3.05, 3.63) is 0 Å². The molecule has 4 heteroatoms. The third kappa shape index (κ3) is 3.64. The van der Waals surface area contributed by atoms with Gasteiger partial charge in [-0.25, -0.2) is 0 Å². The maximum Gasteiger partial charge on any atom is 0.227 e. The summed E-state index contributed by atoms with van der Waals surface area (Å²) in [6.07, 6.45) is 6.43. The molecule has 0 radical (unpaired) electrons. The first kappa shape index (κ1) is 15.8. The van der Waals surface area contributed by atoms with Crippen molar-refractivity contribution in [1.29, 1.82) is 0 Å². The summed E-state index contributed by atoms with van der Waals surface area (Å²) in [5, 5.41) is 6.52. The second-order valence-corrected chi connectivity index (χ2v) is 6.89. The van der Waals surface area contributed by atoms with E-state index in [4.69, 9.17) is 0 Å². The third-order valence-electron chi connectivity index (χ3n) is 4.44. The van der Waals surface area contributed by atoms with Gasteiger partial charge in [-0.3, -0.25) is 4.79 Å². The van der Waals surface area contributed by atoms with Gasteiger partial charge in [0.05, 0.1) is 5.41 Å². The second kappa shape index (κ2) is 6.80. The molecule has 0 spiro atoms. The first-order valence-corrected chi connectivity index (χ1v) is 8.28. The van der Waals surface area contributed by atoms with Crippen molar-refractivity contribution in [2.45, 2.75) is 51.2 Å². The van der Waals surface area contributed by atoms with E-state index in [1.165, 1.54) is 0 Å². The monoisotopic (exact) mass is 272 g/mol. The van der Waals surface area contributed by atoms with Crippen LogP contribution in [0.25, 0.3) is 0 Å². The van der Waals surface area contributed by atoms with Gasteiger partial charge in [-0.15, -0.1) is 0 Å². The van der Waals surface area contributed by atoms with Crippen LogP contribution in [-0.4, -0.2) is 36.5 Å². The van der Waals surface area contributed by atoms with Crippen LogP contribution in [0.3, 0.4) is 0 Å². The molecule has 18 heavy (non-hydrogen) atoms. The fourth-order valence-electron chi connectivity index (χ4n) is 2.57. The molecule has 0 aromatic heterocycles. The van der Waals surface area contributed by atoms with E-state index in [1.54, 1.807) is 0 Å². The zero-order valence-corrected chi connectivity index (χ0v) is 13.1. The highest BCUT2D eigenvalue weighted by Crippen LogP contribution is 2.31. The molecule has 1 heterocycles. The number of carbonyl (C=O) groups is 1. The minimum absolute atomic E-state index is 0.202. The minimum Gasteiger partial charge on any atom is -0.354 e. The predicted molar refractivity (Wildman–Crippen MR) is 80.0 cm³/mol. The Balaban J connectivity index is 2.54. The van der Waals surface area contributed by atoms with Gasteiger partial charge >= 0.3 is 0 Å². The fraction of sp³-hybridized carbons (Fsp3) is 0.929. The summed E-state index contributed by atoms with van der Waals surface area (Å²) in [7, 11) is 0. The zero-order chi connectivity index (χ0) is 13.6. The molecule has 0 aromatic carbocycles. The summed E-state index contributed by atoms with van der Waals surface area (Å²) < 4.78 is 0.202. The van der Waals surface area contributed by atoms with Crippen molar-refractivity contribution in [3.8, 4) is 0 Å². The quantitative estimate of drug-likeness (QED) is 0.780. The molecule has 106 valence electrons. The molecule has 1 aliphatic heterocycles. The second-order valence-electron chi connectivity index (χ2n) is 5.62. The number of nitrogens with one attached hydrogen (secondary N) is 2. The van der Waals surface area contributed by atoms with E-state index >= 15 is 0 Å². The van der Waals surface area contributed by atoms with E-state index in [1.807, 2.05) is 11.8 Å². The van der Waals surface area contributed by atoms with Gasteiger partial charge in [0.2, 0.25) is 5.91 Å². The Morgan fingerprint density at radius 3 is 2.56 bits per heavy atom. The van der Waals surface area contributed by atoms with Crippen LogP contribution in [0.5, 0.6) is 0 Å². The van der Waals surface area contributed by atoms with E-state index in [2.05, 4.69) is 37.7 Å². The van der Waals surface area contributed by atoms with Crippen molar-refractivity contribution in [3.63, 3.8) is 0 Å². The molecule has 0 saturated carbocycles. The molecule has 1 aliphatic rings. The van der Waals surface area contributed by atoms with Crippen LogP contribution >= 0.6 is 11.8 Å². The van der Waals surface area contributed by atoms with Gasteiger partial charge in [0, 0.05) is 17.8 Å².